The minimum Gasteiger partial charge on any atom is -0.288 e. The lowest BCUT2D eigenvalue weighted by Gasteiger charge is -2.06. The zero-order valence-corrected chi connectivity index (χ0v) is 22.0. The van der Waals surface area contributed by atoms with Gasteiger partial charge < -0.3 is 0 Å². The number of hydrogen-bond acceptors (Lipinski definition) is 7. The number of nitrogens with zero attached hydrogens (tertiary/aromatic N) is 3. The molecule has 0 bridgehead atoms. The number of carbonyl (C=O) groups excluding carboxylic acids is 2. The Morgan fingerprint density at radius 1 is 0.781 bits per heavy atom. The van der Waals surface area contributed by atoms with E-state index in [1.807, 2.05) is 0 Å². The van der Waals surface area contributed by atoms with Crippen molar-refractivity contribution in [2.45, 2.75) is 109 Å². The number of carbonyl (C=O) groups is 2. The van der Waals surface area contributed by atoms with Crippen molar-refractivity contribution in [3.63, 3.8) is 0 Å². The second-order valence-corrected chi connectivity index (χ2v) is 11.3. The second kappa shape index (κ2) is 18.3. The maximum Gasteiger partial charge on any atom is 0.234 e. The molecule has 0 atom stereocenters. The molecule has 0 spiro atoms. The number of halogens is 1. The van der Waals surface area contributed by atoms with E-state index in [1.165, 1.54) is 57.8 Å². The molecule has 0 aliphatic rings. The molecule has 1 heterocycles. The highest BCUT2D eigenvalue weighted by atomic mass is 127. The molecular weight excluding hydrogens is 545 g/mol. The van der Waals surface area contributed by atoms with Gasteiger partial charge in [0, 0.05) is 19.3 Å². The van der Waals surface area contributed by atoms with Crippen LogP contribution in [0.1, 0.15) is 109 Å². The molecule has 0 saturated heterocycles. The van der Waals surface area contributed by atoms with Crippen LogP contribution in [0.2, 0.25) is 0 Å². The lowest BCUT2D eigenvalue weighted by Crippen LogP contribution is -2.32. The van der Waals surface area contributed by atoms with Crippen molar-refractivity contribution in [3.05, 3.63) is 5.82 Å². The number of aryl methyl sites for hydroxylation is 1. The summed E-state index contributed by atoms with van der Waals surface area (Å²) in [5, 5.41) is 13.9. The van der Waals surface area contributed by atoms with Crippen LogP contribution in [0.15, 0.2) is 0 Å². The number of hydrogen-bond donors (Lipinski definition) is 2. The Labute approximate surface area is 205 Å². The molecular formula is C21H38IN5O4S. The first-order chi connectivity index (χ1) is 15.4. The van der Waals surface area contributed by atoms with Gasteiger partial charge in [-0.2, -0.15) is 5.21 Å². The first-order valence-electron chi connectivity index (χ1n) is 11.8. The molecule has 1 aromatic heterocycles. The maximum atomic E-state index is 11.8. The number of tetrazole rings is 1. The second-order valence-electron chi connectivity index (χ2n) is 8.23. The topological polar surface area (TPSA) is 135 Å². The summed E-state index contributed by atoms with van der Waals surface area (Å²) in [4.78, 5) is 22.6. The minimum absolute atomic E-state index is 0.0755. The molecule has 1 aromatic rings. The molecule has 11 heteroatoms. The third-order valence-electron chi connectivity index (χ3n) is 5.25. The van der Waals surface area contributed by atoms with E-state index in [4.69, 9.17) is 0 Å². The van der Waals surface area contributed by atoms with Gasteiger partial charge in [0.1, 0.15) is 0 Å². The molecule has 1 amide bonds. The summed E-state index contributed by atoms with van der Waals surface area (Å²) in [6, 6.07) is 0. The van der Waals surface area contributed by atoms with E-state index in [0.717, 1.165) is 31.5 Å². The van der Waals surface area contributed by atoms with Gasteiger partial charge in [0.15, 0.2) is 9.61 Å². The van der Waals surface area contributed by atoms with E-state index < -0.39 is 15.9 Å². The summed E-state index contributed by atoms with van der Waals surface area (Å²) in [5.41, 5.74) is 0. The Hall–Kier alpha value is -1.11. The number of unbranched alkanes of at least 4 members (excludes halogenated alkanes) is 12. The SMILES string of the molecule is O=C(I)CCCS(=O)(=O)NC(=O)CCCCCCCCCCCCCCCc1nn[nH]n1. The van der Waals surface area contributed by atoms with Crippen LogP contribution in [0.4, 0.5) is 0 Å². The number of aromatic amines is 1. The van der Waals surface area contributed by atoms with Gasteiger partial charge in [0.05, 0.1) is 5.75 Å². The normalized spacial score (nSPS) is 11.5. The molecule has 0 unspecified atom stereocenters. The Balaban J connectivity index is 1.82. The van der Waals surface area contributed by atoms with Crippen molar-refractivity contribution in [2.75, 3.05) is 5.75 Å². The minimum atomic E-state index is -3.62. The number of aromatic nitrogens is 4. The fourth-order valence-corrected chi connectivity index (χ4v) is 4.94. The molecule has 0 fully saturated rings. The monoisotopic (exact) mass is 583 g/mol. The van der Waals surface area contributed by atoms with Crippen LogP contribution >= 0.6 is 22.6 Å². The van der Waals surface area contributed by atoms with Crippen molar-refractivity contribution in [1.82, 2.24) is 25.3 Å². The zero-order chi connectivity index (χ0) is 23.5. The number of sulfonamides is 1. The molecule has 9 nitrogen and oxygen atoms in total. The van der Waals surface area contributed by atoms with Gasteiger partial charge in [-0.05, 0) is 41.9 Å². The third kappa shape index (κ3) is 17.4. The molecule has 184 valence electrons. The average Bonchev–Trinajstić information content (AvgIpc) is 3.23. The summed E-state index contributed by atoms with van der Waals surface area (Å²) < 4.78 is 25.5. The van der Waals surface area contributed by atoms with E-state index in [2.05, 4.69) is 25.3 Å². The third-order valence-corrected chi connectivity index (χ3v) is 7.15. The van der Waals surface area contributed by atoms with Gasteiger partial charge in [-0.15, -0.1) is 10.2 Å². The number of rotatable bonds is 21. The molecule has 0 aliphatic heterocycles. The highest BCUT2D eigenvalue weighted by Crippen LogP contribution is 2.13. The van der Waals surface area contributed by atoms with Crippen molar-refractivity contribution in [3.8, 4) is 0 Å². The molecule has 0 aliphatic carbocycles. The summed E-state index contributed by atoms with van der Waals surface area (Å²) in [5.74, 6) is 0.175. The van der Waals surface area contributed by atoms with Crippen LogP contribution in [0, 0.1) is 0 Å². The molecule has 32 heavy (non-hydrogen) atoms. The average molecular weight is 584 g/mol. The predicted molar refractivity (Wildman–Crippen MR) is 133 cm³/mol. The van der Waals surface area contributed by atoms with Gasteiger partial charge in [0.25, 0.3) is 0 Å². The van der Waals surface area contributed by atoms with Gasteiger partial charge in [0.2, 0.25) is 15.9 Å². The summed E-state index contributed by atoms with van der Waals surface area (Å²) in [6.07, 6.45) is 16.8. The van der Waals surface area contributed by atoms with Crippen LogP contribution in [0.5, 0.6) is 0 Å². The Morgan fingerprint density at radius 2 is 1.31 bits per heavy atom. The van der Waals surface area contributed by atoms with Gasteiger partial charge in [-0.1, -0.05) is 75.8 Å². The maximum absolute atomic E-state index is 11.8. The van der Waals surface area contributed by atoms with E-state index in [1.54, 1.807) is 22.6 Å². The standard InChI is InChI=1S/C21H38IN5O4S/c22-19(28)15-14-18-32(30,31)25-21(29)17-13-11-9-7-5-3-1-2-4-6-8-10-12-16-20-23-26-27-24-20/h1-18H2,(H,25,29)(H,23,24,26,27). The van der Waals surface area contributed by atoms with E-state index >= 15 is 0 Å². The van der Waals surface area contributed by atoms with E-state index in [9.17, 15) is 18.0 Å². The summed E-state index contributed by atoms with van der Waals surface area (Å²) in [6.45, 7) is 0. The molecule has 0 radical (unpaired) electrons. The molecule has 2 N–H and O–H groups in total. The smallest absolute Gasteiger partial charge is 0.234 e. The van der Waals surface area contributed by atoms with Crippen LogP contribution in [0.3, 0.4) is 0 Å². The summed E-state index contributed by atoms with van der Waals surface area (Å²) in [7, 11) is -3.62. The van der Waals surface area contributed by atoms with Crippen LogP contribution in [0.25, 0.3) is 0 Å². The van der Waals surface area contributed by atoms with Crippen molar-refractivity contribution < 1.29 is 18.0 Å². The predicted octanol–water partition coefficient (Wildman–Crippen LogP) is 4.39. The highest BCUT2D eigenvalue weighted by Gasteiger charge is 2.14. The Morgan fingerprint density at radius 3 is 1.81 bits per heavy atom. The van der Waals surface area contributed by atoms with Crippen LogP contribution < -0.4 is 4.72 Å². The van der Waals surface area contributed by atoms with E-state index in [0.29, 0.717) is 6.42 Å². The van der Waals surface area contributed by atoms with Gasteiger partial charge in [-0.3, -0.25) is 14.3 Å². The Kier molecular flexibility index (Phi) is 16.6. The number of H-pyrrole nitrogens is 1. The summed E-state index contributed by atoms with van der Waals surface area (Å²) >= 11 is 1.64. The van der Waals surface area contributed by atoms with Gasteiger partial charge in [-0.25, -0.2) is 8.42 Å². The lowest BCUT2D eigenvalue weighted by molar-refractivity contribution is -0.119. The van der Waals surface area contributed by atoms with Gasteiger partial charge >= 0.3 is 0 Å². The number of amides is 1. The fraction of sp³-hybridized carbons (Fsp3) is 0.857. The number of nitrogens with one attached hydrogen (secondary N) is 2. The lowest BCUT2D eigenvalue weighted by atomic mass is 10.0. The van der Waals surface area contributed by atoms with Crippen molar-refractivity contribution >= 4 is 42.3 Å². The first-order valence-corrected chi connectivity index (χ1v) is 14.6. The van der Waals surface area contributed by atoms with Crippen molar-refractivity contribution in [1.29, 1.82) is 0 Å². The first kappa shape index (κ1) is 28.9. The zero-order valence-electron chi connectivity index (χ0n) is 19.0. The van der Waals surface area contributed by atoms with Crippen LogP contribution in [-0.2, 0) is 26.0 Å². The Bertz CT molecular complexity index is 729. The quantitative estimate of drug-likeness (QED) is 0.125. The van der Waals surface area contributed by atoms with Crippen LogP contribution in [-0.4, -0.2) is 44.5 Å². The molecule has 0 aromatic carbocycles. The molecule has 1 rings (SSSR count). The fourth-order valence-electron chi connectivity index (χ4n) is 3.48. The highest BCUT2D eigenvalue weighted by molar-refractivity contribution is 14.1. The largest absolute Gasteiger partial charge is 0.288 e. The van der Waals surface area contributed by atoms with Crippen molar-refractivity contribution in [2.24, 2.45) is 0 Å². The van der Waals surface area contributed by atoms with E-state index in [-0.39, 0.29) is 28.8 Å². The molecule has 0 saturated carbocycles.